The molecule has 0 amide bonds. The predicted octanol–water partition coefficient (Wildman–Crippen LogP) is 5.30. The van der Waals surface area contributed by atoms with Crippen LogP contribution in [-0.2, 0) is 0 Å². The zero-order valence-corrected chi connectivity index (χ0v) is 18.6. The Labute approximate surface area is 189 Å². The van der Waals surface area contributed by atoms with E-state index >= 15 is 0 Å². The van der Waals surface area contributed by atoms with Gasteiger partial charge in [-0.25, -0.2) is 0 Å². The number of benzene rings is 5. The van der Waals surface area contributed by atoms with Gasteiger partial charge in [-0.2, -0.15) is 0 Å². The smallest absolute Gasteiger partial charge is 0.154 e. The molecule has 32 heavy (non-hydrogen) atoms. The second kappa shape index (κ2) is 7.99. The Morgan fingerprint density at radius 1 is 0.406 bits per heavy atom. The Morgan fingerprint density at radius 3 is 1.59 bits per heavy atom. The van der Waals surface area contributed by atoms with Crippen molar-refractivity contribution in [1.29, 1.82) is 0 Å². The lowest BCUT2D eigenvalue weighted by Gasteiger charge is -2.17. The first-order chi connectivity index (χ1) is 15.9. The molecule has 0 N–H and O–H groups in total. The molecule has 0 fully saturated rings. The molecule has 0 aliphatic carbocycles. The third kappa shape index (κ3) is 3.17. The van der Waals surface area contributed by atoms with Crippen molar-refractivity contribution in [1.82, 2.24) is 4.57 Å². The zero-order chi connectivity index (χ0) is 21.3. The van der Waals surface area contributed by atoms with Crippen molar-refractivity contribution in [2.24, 2.45) is 0 Å². The van der Waals surface area contributed by atoms with Crippen LogP contribution in [0.5, 0.6) is 0 Å². The molecule has 0 bridgehead atoms. The van der Waals surface area contributed by atoms with Crippen molar-refractivity contribution in [3.8, 4) is 5.69 Å². The van der Waals surface area contributed by atoms with E-state index in [1.165, 1.54) is 43.1 Å². The fraction of sp³-hybridized carbons (Fsp3) is 0. The SMILES string of the molecule is c1ccc(-n2c3ccccc3c3cc([Si](c4ccccc4)c4ccccc4)ccc32)cc1. The fourth-order valence-corrected chi connectivity index (χ4v) is 7.28. The van der Waals surface area contributed by atoms with Crippen molar-refractivity contribution in [3.63, 3.8) is 0 Å². The Morgan fingerprint density at radius 2 is 0.938 bits per heavy atom. The van der Waals surface area contributed by atoms with Crippen LogP contribution < -0.4 is 15.6 Å². The molecule has 1 aromatic heterocycles. The Kier molecular flexibility index (Phi) is 4.71. The van der Waals surface area contributed by atoms with Gasteiger partial charge in [0, 0.05) is 16.5 Å². The fourth-order valence-electron chi connectivity index (χ4n) is 4.69. The van der Waals surface area contributed by atoms with Crippen LogP contribution in [0.4, 0.5) is 0 Å². The largest absolute Gasteiger partial charge is 0.309 e. The highest BCUT2D eigenvalue weighted by Gasteiger charge is 2.21. The predicted molar refractivity (Wildman–Crippen MR) is 138 cm³/mol. The normalized spacial score (nSPS) is 11.4. The van der Waals surface area contributed by atoms with Gasteiger partial charge >= 0.3 is 0 Å². The van der Waals surface area contributed by atoms with Crippen molar-refractivity contribution >= 4 is 46.2 Å². The maximum Gasteiger partial charge on any atom is 0.154 e. The first-order valence-electron chi connectivity index (χ1n) is 11.0. The standard InChI is InChI=1S/C30H22NSi/c1-4-12-23(13-5-1)31-29-19-11-10-18-27(29)28-22-26(20-21-30(28)31)32(24-14-6-2-7-15-24)25-16-8-3-9-17-25/h1-22H. The second-order valence-corrected chi connectivity index (χ2v) is 10.5. The Hall–Kier alpha value is -3.88. The molecule has 0 aliphatic heterocycles. The average Bonchev–Trinajstić information content (AvgIpc) is 3.20. The molecule has 0 aliphatic rings. The van der Waals surface area contributed by atoms with E-state index in [0.717, 1.165) is 0 Å². The van der Waals surface area contributed by atoms with Gasteiger partial charge in [0.2, 0.25) is 0 Å². The van der Waals surface area contributed by atoms with Crippen LogP contribution in [-0.4, -0.2) is 13.4 Å². The summed E-state index contributed by atoms with van der Waals surface area (Å²) in [6.45, 7) is 0. The van der Waals surface area contributed by atoms with E-state index in [1.807, 2.05) is 0 Å². The van der Waals surface area contributed by atoms with E-state index in [2.05, 4.69) is 138 Å². The van der Waals surface area contributed by atoms with Gasteiger partial charge in [0.05, 0.1) is 11.0 Å². The maximum atomic E-state index is 2.44. The second-order valence-electron chi connectivity index (χ2n) is 8.03. The van der Waals surface area contributed by atoms with E-state index < -0.39 is 8.80 Å². The molecule has 0 unspecified atom stereocenters. The van der Waals surface area contributed by atoms with Gasteiger partial charge < -0.3 is 4.57 Å². The molecule has 0 spiro atoms. The molecular weight excluding hydrogens is 402 g/mol. The summed E-state index contributed by atoms with van der Waals surface area (Å²) in [6, 6.07) is 48.4. The molecule has 1 radical (unpaired) electrons. The summed E-state index contributed by atoms with van der Waals surface area (Å²) in [5.74, 6) is 0. The van der Waals surface area contributed by atoms with Crippen molar-refractivity contribution in [2.45, 2.75) is 0 Å². The summed E-state index contributed by atoms with van der Waals surface area (Å²) < 4.78 is 2.38. The topological polar surface area (TPSA) is 4.93 Å². The minimum atomic E-state index is -1.10. The Balaban J connectivity index is 1.62. The molecule has 1 heterocycles. The molecule has 6 rings (SSSR count). The number of hydrogen-bond donors (Lipinski definition) is 0. The first-order valence-corrected chi connectivity index (χ1v) is 12.5. The van der Waals surface area contributed by atoms with Crippen LogP contribution in [0.2, 0.25) is 0 Å². The van der Waals surface area contributed by atoms with Gasteiger partial charge in [0.15, 0.2) is 8.80 Å². The molecular formula is C30H22NSi. The zero-order valence-electron chi connectivity index (χ0n) is 17.6. The summed E-state index contributed by atoms with van der Waals surface area (Å²) in [7, 11) is -1.10. The first kappa shape index (κ1) is 18.9. The summed E-state index contributed by atoms with van der Waals surface area (Å²) in [5, 5.41) is 6.85. The molecule has 1 nitrogen and oxygen atoms in total. The molecule has 5 aromatic carbocycles. The summed E-state index contributed by atoms with van der Waals surface area (Å²) in [5.41, 5.74) is 3.70. The Bertz CT molecular complexity index is 1460. The van der Waals surface area contributed by atoms with Crippen LogP contribution in [0, 0.1) is 0 Å². The lowest BCUT2D eigenvalue weighted by Crippen LogP contribution is -2.51. The molecule has 6 aromatic rings. The van der Waals surface area contributed by atoms with Crippen LogP contribution in [0.3, 0.4) is 0 Å². The molecule has 0 saturated heterocycles. The van der Waals surface area contributed by atoms with Gasteiger partial charge in [0.25, 0.3) is 0 Å². The maximum absolute atomic E-state index is 2.44. The van der Waals surface area contributed by atoms with Crippen LogP contribution in [0.1, 0.15) is 0 Å². The molecule has 2 heteroatoms. The van der Waals surface area contributed by atoms with Gasteiger partial charge in [-0.3, -0.25) is 0 Å². The summed E-state index contributed by atoms with van der Waals surface area (Å²) >= 11 is 0. The monoisotopic (exact) mass is 424 g/mol. The minimum absolute atomic E-state index is 1.10. The average molecular weight is 425 g/mol. The third-order valence-electron chi connectivity index (χ3n) is 6.10. The van der Waals surface area contributed by atoms with Crippen molar-refractivity contribution in [2.75, 3.05) is 0 Å². The van der Waals surface area contributed by atoms with Crippen LogP contribution >= 0.6 is 0 Å². The number of nitrogens with zero attached hydrogens (tertiary/aromatic N) is 1. The van der Waals surface area contributed by atoms with E-state index in [0.29, 0.717) is 0 Å². The van der Waals surface area contributed by atoms with Gasteiger partial charge in [-0.05, 0) is 29.5 Å². The lowest BCUT2D eigenvalue weighted by atomic mass is 10.1. The van der Waals surface area contributed by atoms with Crippen LogP contribution in [0.25, 0.3) is 27.5 Å². The summed E-state index contributed by atoms with van der Waals surface area (Å²) in [6.07, 6.45) is 0. The molecule has 151 valence electrons. The van der Waals surface area contributed by atoms with Crippen molar-refractivity contribution in [3.05, 3.63) is 133 Å². The quantitative estimate of drug-likeness (QED) is 0.267. The highest BCUT2D eigenvalue weighted by atomic mass is 28.3. The lowest BCUT2D eigenvalue weighted by molar-refractivity contribution is 1.18. The van der Waals surface area contributed by atoms with E-state index in [-0.39, 0.29) is 0 Å². The number of rotatable bonds is 4. The number of hydrogen-bond acceptors (Lipinski definition) is 0. The molecule has 0 saturated carbocycles. The van der Waals surface area contributed by atoms with Gasteiger partial charge in [-0.15, -0.1) is 0 Å². The number of para-hydroxylation sites is 2. The highest BCUT2D eigenvalue weighted by molar-refractivity contribution is 6.95. The van der Waals surface area contributed by atoms with Crippen LogP contribution in [0.15, 0.2) is 133 Å². The number of fused-ring (bicyclic) bond motifs is 3. The number of aromatic nitrogens is 1. The summed E-state index contributed by atoms with van der Waals surface area (Å²) in [4.78, 5) is 0. The van der Waals surface area contributed by atoms with Gasteiger partial charge in [-0.1, -0.05) is 120 Å². The van der Waals surface area contributed by atoms with E-state index in [9.17, 15) is 0 Å². The van der Waals surface area contributed by atoms with E-state index in [4.69, 9.17) is 0 Å². The minimum Gasteiger partial charge on any atom is -0.309 e. The third-order valence-corrected chi connectivity index (χ3v) is 8.81. The highest BCUT2D eigenvalue weighted by Crippen LogP contribution is 2.31. The van der Waals surface area contributed by atoms with Gasteiger partial charge in [0.1, 0.15) is 0 Å². The van der Waals surface area contributed by atoms with E-state index in [1.54, 1.807) is 0 Å². The van der Waals surface area contributed by atoms with Crippen molar-refractivity contribution < 1.29 is 0 Å². The molecule has 0 atom stereocenters.